The number of hydrogen-bond acceptors (Lipinski definition) is 4. The van der Waals surface area contributed by atoms with Gasteiger partial charge in [0.05, 0.1) is 5.75 Å². The summed E-state index contributed by atoms with van der Waals surface area (Å²) in [5.74, 6) is -0.811. The van der Waals surface area contributed by atoms with E-state index in [2.05, 4.69) is 16.0 Å². The van der Waals surface area contributed by atoms with E-state index in [4.69, 9.17) is 11.6 Å². The van der Waals surface area contributed by atoms with Crippen molar-refractivity contribution in [3.63, 3.8) is 0 Å². The van der Waals surface area contributed by atoms with E-state index in [1.165, 1.54) is 17.8 Å². The van der Waals surface area contributed by atoms with Crippen LogP contribution in [0.4, 0.5) is 11.4 Å². The van der Waals surface area contributed by atoms with Crippen LogP contribution >= 0.6 is 23.4 Å². The van der Waals surface area contributed by atoms with Crippen molar-refractivity contribution in [1.29, 1.82) is 0 Å². The normalized spacial score (nSPS) is 11.1. The summed E-state index contributed by atoms with van der Waals surface area (Å²) in [7, 11) is 0. The molecule has 5 rings (SSSR count). The number of nitrogens with one attached hydrogen (secondary N) is 3. The molecule has 0 aliphatic rings. The first-order chi connectivity index (χ1) is 20.5. The molecular weight excluding hydrogens is 566 g/mol. The highest BCUT2D eigenvalue weighted by molar-refractivity contribution is 8.00. The van der Waals surface area contributed by atoms with Crippen molar-refractivity contribution in [2.45, 2.75) is 4.90 Å². The summed E-state index contributed by atoms with van der Waals surface area (Å²) in [6.07, 6.45) is 1.54. The third-order valence-electron chi connectivity index (χ3n) is 6.28. The molecule has 0 unspecified atom stereocenters. The molecule has 0 spiro atoms. The fraction of sp³-hybridized carbons (Fsp3) is 0.0294. The van der Waals surface area contributed by atoms with E-state index in [0.29, 0.717) is 21.8 Å². The highest BCUT2D eigenvalue weighted by Crippen LogP contribution is 2.25. The minimum atomic E-state index is -0.505. The topological polar surface area (TPSA) is 87.3 Å². The summed E-state index contributed by atoms with van der Waals surface area (Å²) >= 11 is 7.70. The zero-order valence-electron chi connectivity index (χ0n) is 22.3. The number of thioether (sulfide) groups is 1. The van der Waals surface area contributed by atoms with Gasteiger partial charge in [0.25, 0.3) is 11.8 Å². The Morgan fingerprint density at radius 2 is 1.40 bits per heavy atom. The first kappa shape index (κ1) is 28.7. The highest BCUT2D eigenvalue weighted by Gasteiger charge is 2.16. The van der Waals surface area contributed by atoms with Crippen molar-refractivity contribution >= 4 is 69.3 Å². The van der Waals surface area contributed by atoms with E-state index in [9.17, 15) is 14.4 Å². The molecule has 8 heteroatoms. The Labute approximate surface area is 252 Å². The second kappa shape index (κ2) is 13.7. The molecule has 0 aliphatic heterocycles. The predicted octanol–water partition coefficient (Wildman–Crippen LogP) is 7.63. The van der Waals surface area contributed by atoms with Gasteiger partial charge in [-0.05, 0) is 65.6 Å². The van der Waals surface area contributed by atoms with Crippen molar-refractivity contribution < 1.29 is 14.4 Å². The fourth-order valence-corrected chi connectivity index (χ4v) is 5.08. The van der Waals surface area contributed by atoms with E-state index >= 15 is 0 Å². The lowest BCUT2D eigenvalue weighted by molar-refractivity contribution is -0.114. The molecular formula is C34H26ClN3O3S. The van der Waals surface area contributed by atoms with Crippen LogP contribution in [0.15, 0.2) is 132 Å². The number of amides is 3. The molecule has 42 heavy (non-hydrogen) atoms. The first-order valence-electron chi connectivity index (χ1n) is 13.1. The maximum absolute atomic E-state index is 13.3. The zero-order chi connectivity index (χ0) is 29.3. The van der Waals surface area contributed by atoms with Gasteiger partial charge >= 0.3 is 0 Å². The lowest BCUT2D eigenvalue weighted by atomic mass is 10.1. The SMILES string of the molecule is O=C(CSc1ccc(NC(=O)/C(=C/c2ccccc2Cl)NC(=O)c2ccccc2)cc1)Nc1cccc2ccccc12. The molecule has 208 valence electrons. The number of benzene rings is 5. The van der Waals surface area contributed by atoms with Crippen LogP contribution in [0.2, 0.25) is 5.02 Å². The number of carbonyl (C=O) groups excluding carboxylic acids is 3. The minimum absolute atomic E-state index is 0.0421. The van der Waals surface area contributed by atoms with E-state index in [1.807, 2.05) is 60.7 Å². The molecule has 0 aliphatic carbocycles. The lowest BCUT2D eigenvalue weighted by Gasteiger charge is -2.12. The van der Waals surface area contributed by atoms with Crippen LogP contribution in [0, 0.1) is 0 Å². The fourth-order valence-electron chi connectivity index (χ4n) is 4.19. The standard InChI is InChI=1S/C34H26ClN3O3S/c35-29-15-7-5-12-25(29)21-31(38-33(40)24-10-2-1-3-11-24)34(41)36-26-17-19-27(20-18-26)42-22-32(39)37-30-16-8-13-23-9-4-6-14-28(23)30/h1-21H,22H2,(H,36,41)(H,37,39)(H,38,40)/b31-21-. The molecule has 0 radical (unpaired) electrons. The average molecular weight is 592 g/mol. The van der Waals surface area contributed by atoms with Crippen molar-refractivity contribution in [2.24, 2.45) is 0 Å². The number of anilines is 2. The third kappa shape index (κ3) is 7.46. The molecule has 0 bridgehead atoms. The second-order valence-corrected chi connectivity index (χ2v) is 10.7. The minimum Gasteiger partial charge on any atom is -0.325 e. The van der Waals surface area contributed by atoms with Crippen molar-refractivity contribution in [3.05, 3.63) is 143 Å². The number of fused-ring (bicyclic) bond motifs is 1. The lowest BCUT2D eigenvalue weighted by Crippen LogP contribution is -2.30. The van der Waals surface area contributed by atoms with Crippen LogP contribution < -0.4 is 16.0 Å². The van der Waals surface area contributed by atoms with E-state index in [-0.39, 0.29) is 17.4 Å². The van der Waals surface area contributed by atoms with E-state index < -0.39 is 11.8 Å². The van der Waals surface area contributed by atoms with Crippen LogP contribution in [-0.4, -0.2) is 23.5 Å². The Morgan fingerprint density at radius 1 is 0.714 bits per heavy atom. The third-order valence-corrected chi connectivity index (χ3v) is 7.64. The van der Waals surface area contributed by atoms with Gasteiger partial charge < -0.3 is 16.0 Å². The molecule has 0 fully saturated rings. The second-order valence-electron chi connectivity index (χ2n) is 9.24. The van der Waals surface area contributed by atoms with Gasteiger partial charge in [-0.25, -0.2) is 0 Å². The molecule has 5 aromatic rings. The van der Waals surface area contributed by atoms with Crippen molar-refractivity contribution in [3.8, 4) is 0 Å². The summed E-state index contributed by atoms with van der Waals surface area (Å²) in [6.45, 7) is 0. The number of rotatable bonds is 9. The Morgan fingerprint density at radius 3 is 2.19 bits per heavy atom. The van der Waals surface area contributed by atoms with Gasteiger partial charge in [0.15, 0.2) is 0 Å². The molecule has 3 amide bonds. The molecule has 0 saturated heterocycles. The molecule has 0 heterocycles. The summed E-state index contributed by atoms with van der Waals surface area (Å²) < 4.78 is 0. The van der Waals surface area contributed by atoms with Gasteiger partial charge in [0.2, 0.25) is 5.91 Å². The van der Waals surface area contributed by atoms with Crippen molar-refractivity contribution in [1.82, 2.24) is 5.32 Å². The largest absolute Gasteiger partial charge is 0.325 e. The van der Waals surface area contributed by atoms with Gasteiger partial charge in [-0.1, -0.05) is 84.4 Å². The van der Waals surface area contributed by atoms with Crippen LogP contribution in [0.25, 0.3) is 16.8 Å². The maximum atomic E-state index is 13.3. The predicted molar refractivity (Wildman–Crippen MR) is 172 cm³/mol. The molecule has 0 saturated carbocycles. The van der Waals surface area contributed by atoms with Gasteiger partial charge in [-0.15, -0.1) is 11.8 Å². The number of carbonyl (C=O) groups is 3. The van der Waals surface area contributed by atoms with Crippen LogP contribution in [-0.2, 0) is 9.59 Å². The quantitative estimate of drug-likeness (QED) is 0.121. The van der Waals surface area contributed by atoms with Crippen LogP contribution in [0.3, 0.4) is 0 Å². The molecule has 5 aromatic carbocycles. The van der Waals surface area contributed by atoms with Crippen LogP contribution in [0.1, 0.15) is 15.9 Å². The Kier molecular flexibility index (Phi) is 9.33. The van der Waals surface area contributed by atoms with Crippen LogP contribution in [0.5, 0.6) is 0 Å². The molecule has 6 nitrogen and oxygen atoms in total. The number of halogens is 1. The Balaban J connectivity index is 1.23. The molecule has 3 N–H and O–H groups in total. The average Bonchev–Trinajstić information content (AvgIpc) is 3.02. The molecule has 0 aromatic heterocycles. The Hall–Kier alpha value is -4.85. The summed E-state index contributed by atoms with van der Waals surface area (Å²) in [5, 5.41) is 11.0. The maximum Gasteiger partial charge on any atom is 0.272 e. The summed E-state index contributed by atoms with van der Waals surface area (Å²) in [4.78, 5) is 39.6. The molecule has 0 atom stereocenters. The van der Waals surface area contributed by atoms with Crippen molar-refractivity contribution in [2.75, 3.05) is 16.4 Å². The zero-order valence-corrected chi connectivity index (χ0v) is 23.9. The van der Waals surface area contributed by atoms with Gasteiger partial charge in [-0.3, -0.25) is 14.4 Å². The van der Waals surface area contributed by atoms with E-state index in [0.717, 1.165) is 21.4 Å². The summed E-state index contributed by atoms with van der Waals surface area (Å²) in [6, 6.07) is 36.5. The monoisotopic (exact) mass is 591 g/mol. The Bertz CT molecular complexity index is 1770. The van der Waals surface area contributed by atoms with E-state index in [1.54, 1.807) is 60.7 Å². The number of hydrogen-bond donors (Lipinski definition) is 3. The first-order valence-corrected chi connectivity index (χ1v) is 14.5. The van der Waals surface area contributed by atoms with Gasteiger partial charge in [0, 0.05) is 32.2 Å². The smallest absolute Gasteiger partial charge is 0.272 e. The van der Waals surface area contributed by atoms with Gasteiger partial charge in [0.1, 0.15) is 5.70 Å². The van der Waals surface area contributed by atoms with Gasteiger partial charge in [-0.2, -0.15) is 0 Å². The highest BCUT2D eigenvalue weighted by atomic mass is 35.5. The summed E-state index contributed by atoms with van der Waals surface area (Å²) in [5.41, 5.74) is 2.35.